The first kappa shape index (κ1) is 11.1. The first-order valence-electron chi connectivity index (χ1n) is 5.64. The molecule has 92 valence electrons. The highest BCUT2D eigenvalue weighted by Gasteiger charge is 2.09. The summed E-state index contributed by atoms with van der Waals surface area (Å²) in [7, 11) is 0. The highest BCUT2D eigenvalue weighted by molar-refractivity contribution is 7.07. The lowest BCUT2D eigenvalue weighted by Crippen LogP contribution is -2.15. The van der Waals surface area contributed by atoms with E-state index in [9.17, 15) is 4.79 Å². The summed E-state index contributed by atoms with van der Waals surface area (Å²) in [6.07, 6.45) is 0.812. The third kappa shape index (κ3) is 1.93. The summed E-state index contributed by atoms with van der Waals surface area (Å²) in [5.74, 6) is -0.328. The summed E-state index contributed by atoms with van der Waals surface area (Å²) >= 11 is 1.66. The first-order chi connectivity index (χ1) is 8.74. The van der Waals surface area contributed by atoms with Gasteiger partial charge in [-0.15, -0.1) is 0 Å². The monoisotopic (exact) mass is 260 g/mol. The van der Waals surface area contributed by atoms with Gasteiger partial charge >= 0.3 is 5.76 Å². The summed E-state index contributed by atoms with van der Waals surface area (Å²) in [5.41, 5.74) is 8.94. The highest BCUT2D eigenvalue weighted by Crippen LogP contribution is 2.17. The van der Waals surface area contributed by atoms with E-state index in [0.717, 1.165) is 11.9 Å². The molecule has 0 aliphatic heterocycles. The number of aryl methyl sites for hydroxylation is 2. The summed E-state index contributed by atoms with van der Waals surface area (Å²) < 4.78 is 6.81. The van der Waals surface area contributed by atoms with Gasteiger partial charge in [0.2, 0.25) is 0 Å². The van der Waals surface area contributed by atoms with E-state index in [-0.39, 0.29) is 5.76 Å². The molecule has 0 atom stereocenters. The molecule has 2 heterocycles. The van der Waals surface area contributed by atoms with Gasteiger partial charge in [0.25, 0.3) is 0 Å². The lowest BCUT2D eigenvalue weighted by molar-refractivity contribution is 0.505. The Bertz CT molecular complexity index is 725. The smallest absolute Gasteiger partial charge is 0.408 e. The molecule has 2 N–H and O–H groups in total. The number of anilines is 1. The number of nitrogens with zero attached hydrogens (tertiary/aromatic N) is 1. The third-order valence-electron chi connectivity index (χ3n) is 2.90. The second-order valence-electron chi connectivity index (χ2n) is 4.13. The fraction of sp³-hybridized carbons (Fsp3) is 0.154. The van der Waals surface area contributed by atoms with Crippen molar-refractivity contribution in [3.63, 3.8) is 0 Å². The Kier molecular flexibility index (Phi) is 2.68. The second-order valence-corrected chi connectivity index (χ2v) is 4.91. The summed E-state index contributed by atoms with van der Waals surface area (Å²) in [4.78, 5) is 11.8. The van der Waals surface area contributed by atoms with Gasteiger partial charge in [0, 0.05) is 12.2 Å². The van der Waals surface area contributed by atoms with Crippen LogP contribution in [0.2, 0.25) is 0 Å². The van der Waals surface area contributed by atoms with Crippen molar-refractivity contribution in [1.29, 1.82) is 0 Å². The standard InChI is InChI=1S/C13H12N2O2S/c14-10-1-2-12-11(7-10)15(13(16)17-12)5-3-9-4-6-18-8-9/h1-2,4,6-8H,3,5,14H2. The molecule has 3 aromatic rings. The quantitative estimate of drug-likeness (QED) is 0.736. The highest BCUT2D eigenvalue weighted by atomic mass is 32.1. The van der Waals surface area contributed by atoms with E-state index in [1.807, 2.05) is 5.38 Å². The van der Waals surface area contributed by atoms with Gasteiger partial charge in [0.1, 0.15) is 0 Å². The molecule has 0 amide bonds. The predicted molar refractivity (Wildman–Crippen MR) is 72.9 cm³/mol. The molecular formula is C13H12N2O2S. The van der Waals surface area contributed by atoms with Crippen molar-refractivity contribution in [2.24, 2.45) is 0 Å². The number of oxazole rings is 1. The van der Waals surface area contributed by atoms with E-state index in [4.69, 9.17) is 10.2 Å². The average Bonchev–Trinajstić information content (AvgIpc) is 2.94. The van der Waals surface area contributed by atoms with Crippen LogP contribution in [0, 0.1) is 0 Å². The molecule has 0 fully saturated rings. The topological polar surface area (TPSA) is 61.2 Å². The molecule has 0 aliphatic rings. The van der Waals surface area contributed by atoms with Gasteiger partial charge in [0.15, 0.2) is 5.58 Å². The zero-order chi connectivity index (χ0) is 12.5. The molecule has 0 saturated heterocycles. The number of aromatic nitrogens is 1. The van der Waals surface area contributed by atoms with E-state index in [2.05, 4.69) is 11.4 Å². The average molecular weight is 260 g/mol. The van der Waals surface area contributed by atoms with Crippen molar-refractivity contribution in [2.75, 3.05) is 5.73 Å². The van der Waals surface area contributed by atoms with Crippen molar-refractivity contribution in [3.05, 3.63) is 51.1 Å². The zero-order valence-electron chi connectivity index (χ0n) is 9.63. The van der Waals surface area contributed by atoms with Crippen LogP contribution in [0.25, 0.3) is 11.1 Å². The largest absolute Gasteiger partial charge is 0.419 e. The fourth-order valence-corrected chi connectivity index (χ4v) is 2.67. The molecule has 0 saturated carbocycles. The van der Waals surface area contributed by atoms with Crippen LogP contribution in [-0.2, 0) is 13.0 Å². The van der Waals surface area contributed by atoms with Gasteiger partial charge in [-0.2, -0.15) is 11.3 Å². The van der Waals surface area contributed by atoms with Gasteiger partial charge in [-0.1, -0.05) is 0 Å². The SMILES string of the molecule is Nc1ccc2oc(=O)n(CCc3ccsc3)c2c1. The lowest BCUT2D eigenvalue weighted by Gasteiger charge is -2.01. The molecule has 1 aromatic carbocycles. The zero-order valence-corrected chi connectivity index (χ0v) is 10.4. The number of nitrogen functional groups attached to an aromatic ring is 1. The molecule has 2 aromatic heterocycles. The van der Waals surface area contributed by atoms with Crippen molar-refractivity contribution < 1.29 is 4.42 Å². The van der Waals surface area contributed by atoms with Crippen molar-refractivity contribution >= 4 is 28.1 Å². The van der Waals surface area contributed by atoms with Crippen LogP contribution in [0.3, 0.4) is 0 Å². The van der Waals surface area contributed by atoms with Crippen LogP contribution in [0.15, 0.2) is 44.2 Å². The number of hydrogen-bond acceptors (Lipinski definition) is 4. The number of rotatable bonds is 3. The van der Waals surface area contributed by atoms with Gasteiger partial charge in [-0.3, -0.25) is 4.57 Å². The molecule has 3 rings (SSSR count). The van der Waals surface area contributed by atoms with Crippen LogP contribution < -0.4 is 11.5 Å². The Labute approximate surface area is 107 Å². The number of benzene rings is 1. The Morgan fingerprint density at radius 1 is 1.33 bits per heavy atom. The van der Waals surface area contributed by atoms with Gasteiger partial charge in [0.05, 0.1) is 5.52 Å². The van der Waals surface area contributed by atoms with Gasteiger partial charge < -0.3 is 10.2 Å². The summed E-state index contributed by atoms with van der Waals surface area (Å²) in [6, 6.07) is 7.29. The minimum Gasteiger partial charge on any atom is -0.408 e. The van der Waals surface area contributed by atoms with E-state index < -0.39 is 0 Å². The third-order valence-corrected chi connectivity index (χ3v) is 3.63. The second kappa shape index (κ2) is 4.34. The molecule has 0 unspecified atom stereocenters. The van der Waals surface area contributed by atoms with Crippen LogP contribution in [-0.4, -0.2) is 4.57 Å². The number of hydrogen-bond donors (Lipinski definition) is 1. The molecular weight excluding hydrogens is 248 g/mol. The Morgan fingerprint density at radius 2 is 2.22 bits per heavy atom. The minimum absolute atomic E-state index is 0.328. The first-order valence-corrected chi connectivity index (χ1v) is 6.58. The van der Waals surface area contributed by atoms with Crippen LogP contribution in [0.5, 0.6) is 0 Å². The normalized spacial score (nSPS) is 11.1. The molecule has 5 heteroatoms. The number of thiophene rings is 1. The maximum Gasteiger partial charge on any atom is 0.419 e. The molecule has 18 heavy (non-hydrogen) atoms. The van der Waals surface area contributed by atoms with E-state index >= 15 is 0 Å². The van der Waals surface area contributed by atoms with Crippen LogP contribution in [0.4, 0.5) is 5.69 Å². The van der Waals surface area contributed by atoms with Crippen molar-refractivity contribution in [1.82, 2.24) is 4.57 Å². The van der Waals surface area contributed by atoms with Crippen molar-refractivity contribution in [2.45, 2.75) is 13.0 Å². The summed E-state index contributed by atoms with van der Waals surface area (Å²) in [6.45, 7) is 0.603. The molecule has 0 radical (unpaired) electrons. The van der Waals surface area contributed by atoms with Crippen molar-refractivity contribution in [3.8, 4) is 0 Å². The summed E-state index contributed by atoms with van der Waals surface area (Å²) in [5, 5.41) is 4.12. The minimum atomic E-state index is -0.328. The maximum absolute atomic E-state index is 11.8. The van der Waals surface area contributed by atoms with Crippen LogP contribution >= 0.6 is 11.3 Å². The predicted octanol–water partition coefficient (Wildman–Crippen LogP) is 2.48. The number of fused-ring (bicyclic) bond motifs is 1. The Balaban J connectivity index is 1.98. The Morgan fingerprint density at radius 3 is 3.00 bits per heavy atom. The molecule has 0 spiro atoms. The molecule has 4 nitrogen and oxygen atoms in total. The number of nitrogens with two attached hydrogens (primary N) is 1. The molecule has 0 aliphatic carbocycles. The fourth-order valence-electron chi connectivity index (χ4n) is 1.97. The van der Waals surface area contributed by atoms with Crippen LogP contribution in [0.1, 0.15) is 5.56 Å². The lowest BCUT2D eigenvalue weighted by atomic mass is 10.2. The van der Waals surface area contributed by atoms with Gasteiger partial charge in [-0.05, 0) is 47.0 Å². The van der Waals surface area contributed by atoms with E-state index in [0.29, 0.717) is 17.8 Å². The maximum atomic E-state index is 11.8. The molecule has 0 bridgehead atoms. The van der Waals surface area contributed by atoms with E-state index in [1.165, 1.54) is 5.56 Å². The Hall–Kier alpha value is -2.01. The van der Waals surface area contributed by atoms with E-state index in [1.54, 1.807) is 34.1 Å². The van der Waals surface area contributed by atoms with Gasteiger partial charge in [-0.25, -0.2) is 4.79 Å².